The zero-order valence-electron chi connectivity index (χ0n) is 19.5. The van der Waals surface area contributed by atoms with Gasteiger partial charge in [0, 0.05) is 17.9 Å². The van der Waals surface area contributed by atoms with Crippen molar-refractivity contribution in [3.8, 4) is 11.1 Å². The normalized spacial score (nSPS) is 16.1. The van der Waals surface area contributed by atoms with Crippen molar-refractivity contribution in [2.75, 3.05) is 17.2 Å². The topological polar surface area (TPSA) is 116 Å². The number of nitrogens with zero attached hydrogens (tertiary/aromatic N) is 1. The summed E-state index contributed by atoms with van der Waals surface area (Å²) in [5.74, 6) is -1.13. The van der Waals surface area contributed by atoms with Gasteiger partial charge in [0.2, 0.25) is 10.0 Å². The van der Waals surface area contributed by atoms with E-state index in [2.05, 4.69) is 10.6 Å². The van der Waals surface area contributed by atoms with Gasteiger partial charge in [-0.3, -0.25) is 4.79 Å². The number of hydrogen-bond donors (Lipinski definition) is 3. The molecule has 182 valence electrons. The van der Waals surface area contributed by atoms with E-state index in [1.54, 1.807) is 24.3 Å². The van der Waals surface area contributed by atoms with Crippen LogP contribution in [0.2, 0.25) is 0 Å². The number of nitrogens with one attached hydrogen (secondary N) is 2. The van der Waals surface area contributed by atoms with Crippen LogP contribution in [0, 0.1) is 13.8 Å². The zero-order valence-corrected chi connectivity index (χ0v) is 20.3. The molecule has 1 heterocycles. The predicted octanol–water partition coefficient (Wildman–Crippen LogP) is 4.85. The van der Waals surface area contributed by atoms with Gasteiger partial charge in [-0.15, -0.1) is 0 Å². The Bertz CT molecular complexity index is 1350. The lowest BCUT2D eigenvalue weighted by Gasteiger charge is -2.21. The second-order valence-electron chi connectivity index (χ2n) is 8.59. The maximum Gasteiger partial charge on any atom is 0.323 e. The van der Waals surface area contributed by atoms with E-state index in [0.29, 0.717) is 24.2 Å². The van der Waals surface area contributed by atoms with Gasteiger partial charge in [0.05, 0.1) is 4.90 Å². The van der Waals surface area contributed by atoms with Crippen molar-refractivity contribution in [1.82, 2.24) is 4.31 Å². The summed E-state index contributed by atoms with van der Waals surface area (Å²) >= 11 is 0. The molecule has 3 aromatic rings. The Morgan fingerprint density at radius 1 is 0.857 bits per heavy atom. The molecule has 3 N–H and O–H groups in total. The molecule has 1 atom stereocenters. The summed E-state index contributed by atoms with van der Waals surface area (Å²) < 4.78 is 26.9. The number of urea groups is 1. The number of sulfonamides is 1. The number of carbonyl (C=O) groups excluding carboxylic acids is 1. The first-order chi connectivity index (χ1) is 16.6. The average molecular weight is 494 g/mol. The van der Waals surface area contributed by atoms with E-state index in [9.17, 15) is 23.1 Å². The summed E-state index contributed by atoms with van der Waals surface area (Å²) in [6.07, 6.45) is 0.840. The molecule has 0 spiro atoms. The number of amides is 2. The summed E-state index contributed by atoms with van der Waals surface area (Å²) in [6, 6.07) is 17.9. The first-order valence-corrected chi connectivity index (χ1v) is 12.7. The Kier molecular flexibility index (Phi) is 6.90. The molecule has 1 aliphatic heterocycles. The fraction of sp³-hybridized carbons (Fsp3) is 0.231. The van der Waals surface area contributed by atoms with Crippen LogP contribution in [0.5, 0.6) is 0 Å². The van der Waals surface area contributed by atoms with Gasteiger partial charge in [0.15, 0.2) is 0 Å². The predicted molar refractivity (Wildman–Crippen MR) is 135 cm³/mol. The Morgan fingerprint density at radius 3 is 2.03 bits per heavy atom. The number of hydrogen-bond acceptors (Lipinski definition) is 4. The first-order valence-electron chi connectivity index (χ1n) is 11.3. The molecule has 1 saturated heterocycles. The summed E-state index contributed by atoms with van der Waals surface area (Å²) in [4.78, 5) is 23.8. The van der Waals surface area contributed by atoms with Gasteiger partial charge in [-0.25, -0.2) is 13.2 Å². The Hall–Kier alpha value is -3.69. The number of anilines is 2. The molecular formula is C26H27N3O5S. The fourth-order valence-corrected chi connectivity index (χ4v) is 5.74. The second kappa shape index (κ2) is 9.89. The van der Waals surface area contributed by atoms with Gasteiger partial charge in [-0.05, 0) is 85.3 Å². The molecule has 0 saturated carbocycles. The van der Waals surface area contributed by atoms with Crippen LogP contribution < -0.4 is 10.6 Å². The highest BCUT2D eigenvalue weighted by Crippen LogP contribution is 2.28. The van der Waals surface area contributed by atoms with Gasteiger partial charge in [-0.2, -0.15) is 4.31 Å². The lowest BCUT2D eigenvalue weighted by molar-refractivity contribution is -0.140. The van der Waals surface area contributed by atoms with Crippen LogP contribution in [0.4, 0.5) is 16.2 Å². The quantitative estimate of drug-likeness (QED) is 0.454. The van der Waals surface area contributed by atoms with Gasteiger partial charge >= 0.3 is 12.0 Å². The molecule has 0 bridgehead atoms. The van der Waals surface area contributed by atoms with Gasteiger partial charge in [0.25, 0.3) is 0 Å². The Balaban J connectivity index is 1.42. The molecule has 0 unspecified atom stereocenters. The number of aryl methyl sites for hydroxylation is 2. The monoisotopic (exact) mass is 493 g/mol. The molecule has 9 heteroatoms. The number of aliphatic carboxylic acids is 1. The van der Waals surface area contributed by atoms with Crippen molar-refractivity contribution in [3.63, 3.8) is 0 Å². The first kappa shape index (κ1) is 24.4. The average Bonchev–Trinajstić information content (AvgIpc) is 3.34. The van der Waals surface area contributed by atoms with Gasteiger partial charge in [0.1, 0.15) is 6.04 Å². The van der Waals surface area contributed by atoms with Crippen LogP contribution in [0.1, 0.15) is 24.0 Å². The molecule has 0 aromatic heterocycles. The lowest BCUT2D eigenvalue weighted by Crippen LogP contribution is -2.40. The summed E-state index contributed by atoms with van der Waals surface area (Å²) in [5.41, 5.74) is 5.21. The molecule has 2 amide bonds. The van der Waals surface area contributed by atoms with E-state index in [1.165, 1.54) is 12.1 Å². The summed E-state index contributed by atoms with van der Waals surface area (Å²) in [7, 11) is -3.89. The van der Waals surface area contributed by atoms with Crippen LogP contribution in [0.3, 0.4) is 0 Å². The molecule has 1 aliphatic rings. The van der Waals surface area contributed by atoms with E-state index in [-0.39, 0.29) is 17.5 Å². The van der Waals surface area contributed by atoms with Crippen molar-refractivity contribution < 1.29 is 23.1 Å². The fourth-order valence-electron chi connectivity index (χ4n) is 4.09. The third-order valence-corrected chi connectivity index (χ3v) is 8.11. The minimum absolute atomic E-state index is 0.0655. The minimum Gasteiger partial charge on any atom is -0.480 e. The number of carboxylic acid groups (broad SMARTS) is 1. The number of rotatable bonds is 6. The number of benzene rings is 3. The zero-order chi connectivity index (χ0) is 25.2. The van der Waals surface area contributed by atoms with E-state index in [1.807, 2.05) is 44.2 Å². The highest BCUT2D eigenvalue weighted by Gasteiger charge is 2.39. The van der Waals surface area contributed by atoms with Crippen LogP contribution >= 0.6 is 0 Å². The molecule has 8 nitrogen and oxygen atoms in total. The SMILES string of the molecule is Cc1ccc(NC(=O)Nc2ccc(-c3ccc(S(=O)(=O)N4CCC[C@H]4C(=O)O)cc3)cc2)cc1C. The van der Waals surface area contributed by atoms with E-state index in [4.69, 9.17) is 0 Å². The molecule has 0 radical (unpaired) electrons. The van der Waals surface area contributed by atoms with Gasteiger partial charge < -0.3 is 15.7 Å². The second-order valence-corrected chi connectivity index (χ2v) is 10.5. The molecular weight excluding hydrogens is 466 g/mol. The van der Waals surface area contributed by atoms with Crippen LogP contribution in [0.25, 0.3) is 11.1 Å². The highest BCUT2D eigenvalue weighted by molar-refractivity contribution is 7.89. The van der Waals surface area contributed by atoms with E-state index in [0.717, 1.165) is 26.6 Å². The molecule has 3 aromatic carbocycles. The van der Waals surface area contributed by atoms with Gasteiger partial charge in [-0.1, -0.05) is 30.3 Å². The van der Waals surface area contributed by atoms with Crippen molar-refractivity contribution in [3.05, 3.63) is 77.9 Å². The Morgan fingerprint density at radius 2 is 1.43 bits per heavy atom. The Labute approximate surface area is 204 Å². The van der Waals surface area contributed by atoms with Crippen LogP contribution in [0.15, 0.2) is 71.6 Å². The van der Waals surface area contributed by atoms with Crippen molar-refractivity contribution in [2.45, 2.75) is 37.6 Å². The van der Waals surface area contributed by atoms with E-state index >= 15 is 0 Å². The number of carbonyl (C=O) groups is 2. The summed E-state index contributed by atoms with van der Waals surface area (Å²) in [6.45, 7) is 4.19. The lowest BCUT2D eigenvalue weighted by atomic mass is 10.1. The third kappa shape index (κ3) is 5.36. The van der Waals surface area contributed by atoms with Crippen molar-refractivity contribution in [2.24, 2.45) is 0 Å². The highest BCUT2D eigenvalue weighted by atomic mass is 32.2. The molecule has 35 heavy (non-hydrogen) atoms. The minimum atomic E-state index is -3.89. The van der Waals surface area contributed by atoms with Crippen LogP contribution in [-0.4, -0.2) is 42.4 Å². The maximum absolute atomic E-state index is 12.9. The summed E-state index contributed by atoms with van der Waals surface area (Å²) in [5, 5.41) is 14.9. The van der Waals surface area contributed by atoms with E-state index < -0.39 is 22.0 Å². The standard InChI is InChI=1S/C26H27N3O5S/c1-17-5-10-22(16-18(17)2)28-26(32)27-21-11-6-19(7-12-21)20-8-13-23(14-9-20)35(33,34)29-15-3-4-24(29)25(30)31/h5-14,16,24H,3-4,15H2,1-2H3,(H,30,31)(H2,27,28,32)/t24-/m0/s1. The maximum atomic E-state index is 12.9. The number of carboxylic acids is 1. The molecule has 4 rings (SSSR count). The third-order valence-electron chi connectivity index (χ3n) is 6.19. The largest absolute Gasteiger partial charge is 0.480 e. The molecule has 1 fully saturated rings. The van der Waals surface area contributed by atoms with Crippen molar-refractivity contribution >= 4 is 33.4 Å². The van der Waals surface area contributed by atoms with Crippen molar-refractivity contribution in [1.29, 1.82) is 0 Å². The smallest absolute Gasteiger partial charge is 0.323 e. The molecule has 0 aliphatic carbocycles. The van der Waals surface area contributed by atoms with Crippen LogP contribution in [-0.2, 0) is 14.8 Å².